The van der Waals surface area contributed by atoms with Gasteiger partial charge in [-0.2, -0.15) is 0 Å². The number of aromatic nitrogens is 2. The van der Waals surface area contributed by atoms with E-state index in [0.29, 0.717) is 11.0 Å². The van der Waals surface area contributed by atoms with Gasteiger partial charge in [0.25, 0.3) is 0 Å². The Hall–Kier alpha value is -3.69. The average molecular weight is 399 g/mol. The fourth-order valence-corrected chi connectivity index (χ4v) is 3.82. The summed E-state index contributed by atoms with van der Waals surface area (Å²) in [7, 11) is 0. The first-order valence-electron chi connectivity index (χ1n) is 8.91. The van der Waals surface area contributed by atoms with E-state index < -0.39 is 11.1 Å². The second kappa shape index (κ2) is 7.74. The van der Waals surface area contributed by atoms with Crippen LogP contribution in [-0.4, -0.2) is 9.97 Å². The molecule has 0 radical (unpaired) electrons. The third kappa shape index (κ3) is 3.82. The maximum Gasteiger partial charge on any atom is 0.314 e. The number of benzene rings is 3. The summed E-state index contributed by atoms with van der Waals surface area (Å²) in [6.45, 7) is 1.94. The van der Waals surface area contributed by atoms with Crippen LogP contribution in [0.25, 0.3) is 22.2 Å². The molecule has 3 aromatic carbocycles. The molecule has 1 heterocycles. The van der Waals surface area contributed by atoms with Crippen molar-refractivity contribution in [2.24, 2.45) is 0 Å². The van der Waals surface area contributed by atoms with Crippen LogP contribution in [0.3, 0.4) is 0 Å². The van der Waals surface area contributed by atoms with Gasteiger partial charge in [0.15, 0.2) is 0 Å². The Morgan fingerprint density at radius 1 is 0.931 bits per heavy atom. The van der Waals surface area contributed by atoms with Gasteiger partial charge in [-0.05, 0) is 59.8 Å². The predicted octanol–water partition coefficient (Wildman–Crippen LogP) is 4.29. The molecule has 0 saturated heterocycles. The molecule has 0 aliphatic heterocycles. The van der Waals surface area contributed by atoms with Crippen molar-refractivity contribution < 1.29 is 0 Å². The first-order valence-corrected chi connectivity index (χ1v) is 9.73. The minimum atomic E-state index is -0.666. The number of aryl methyl sites for hydroxylation is 1. The van der Waals surface area contributed by atoms with Crippen LogP contribution < -0.4 is 15.8 Å². The predicted molar refractivity (Wildman–Crippen MR) is 119 cm³/mol. The summed E-state index contributed by atoms with van der Waals surface area (Å²) in [6, 6.07) is 19.6. The quantitative estimate of drug-likeness (QED) is 0.272. The number of rotatable bonds is 4. The summed E-state index contributed by atoms with van der Waals surface area (Å²) in [5.74, 6) is 2.76. The Kier molecular flexibility index (Phi) is 4.98. The molecule has 1 aromatic heterocycles. The maximum absolute atomic E-state index is 11.6. The zero-order valence-electron chi connectivity index (χ0n) is 15.6. The molecular weight excluding hydrogens is 382 g/mol. The van der Waals surface area contributed by atoms with E-state index in [1.165, 1.54) is 11.9 Å². The van der Waals surface area contributed by atoms with Gasteiger partial charge in [0.05, 0.1) is 11.0 Å². The van der Waals surface area contributed by atoms with Crippen molar-refractivity contribution in [1.82, 2.24) is 9.97 Å². The zero-order chi connectivity index (χ0) is 20.4. The fourth-order valence-electron chi connectivity index (χ4n) is 3.07. The Morgan fingerprint density at radius 2 is 1.62 bits per heavy atom. The molecule has 0 amide bonds. The van der Waals surface area contributed by atoms with E-state index in [9.17, 15) is 9.59 Å². The highest BCUT2D eigenvalue weighted by molar-refractivity contribution is 8.00. The van der Waals surface area contributed by atoms with Crippen LogP contribution >= 0.6 is 11.9 Å². The van der Waals surface area contributed by atoms with Crippen molar-refractivity contribution in [2.45, 2.75) is 11.8 Å². The van der Waals surface area contributed by atoms with Gasteiger partial charge in [-0.25, -0.2) is 0 Å². The number of terminal acetylenes is 1. The van der Waals surface area contributed by atoms with Crippen molar-refractivity contribution in [1.29, 1.82) is 0 Å². The Labute approximate surface area is 171 Å². The number of hydrogen-bond acceptors (Lipinski definition) is 4. The minimum absolute atomic E-state index is 0.577. The highest BCUT2D eigenvalue weighted by atomic mass is 32.2. The highest BCUT2D eigenvalue weighted by Crippen LogP contribution is 2.30. The lowest BCUT2D eigenvalue weighted by Crippen LogP contribution is -2.28. The van der Waals surface area contributed by atoms with Crippen LogP contribution in [0.2, 0.25) is 0 Å². The molecule has 6 heteroatoms. The molecular formula is C23H17N3O2S. The molecule has 0 bridgehead atoms. The molecule has 0 unspecified atom stereocenters. The SMILES string of the molecule is C#Cc1cc(NSc2cc3[nH]c(=O)c(=O)[nH]c3cc2C)ccc1-c1ccccc1. The van der Waals surface area contributed by atoms with Crippen molar-refractivity contribution in [3.63, 3.8) is 0 Å². The lowest BCUT2D eigenvalue weighted by atomic mass is 10.00. The first kappa shape index (κ1) is 18.7. The Balaban J connectivity index is 1.61. The van der Waals surface area contributed by atoms with E-state index in [1.54, 1.807) is 0 Å². The summed E-state index contributed by atoms with van der Waals surface area (Å²) in [4.78, 5) is 29.2. The molecule has 4 aromatic rings. The highest BCUT2D eigenvalue weighted by Gasteiger charge is 2.08. The largest absolute Gasteiger partial charge is 0.326 e. The second-order valence-corrected chi connectivity index (χ2v) is 7.39. The summed E-state index contributed by atoms with van der Waals surface area (Å²) in [5, 5.41) is 0. The monoisotopic (exact) mass is 399 g/mol. The van der Waals surface area contributed by atoms with Gasteiger partial charge >= 0.3 is 11.1 Å². The average Bonchev–Trinajstić information content (AvgIpc) is 2.74. The second-order valence-electron chi connectivity index (χ2n) is 6.55. The molecule has 142 valence electrons. The van der Waals surface area contributed by atoms with E-state index in [4.69, 9.17) is 6.42 Å². The molecule has 3 N–H and O–H groups in total. The minimum Gasteiger partial charge on any atom is -0.326 e. The summed E-state index contributed by atoms with van der Waals surface area (Å²) < 4.78 is 3.30. The van der Waals surface area contributed by atoms with E-state index in [1.807, 2.05) is 67.6 Å². The molecule has 0 fully saturated rings. The van der Waals surface area contributed by atoms with Gasteiger partial charge in [-0.15, -0.1) is 6.42 Å². The van der Waals surface area contributed by atoms with Crippen molar-refractivity contribution >= 4 is 28.7 Å². The lowest BCUT2D eigenvalue weighted by Gasteiger charge is -2.12. The molecule has 0 atom stereocenters. The van der Waals surface area contributed by atoms with Gasteiger partial charge in [0.2, 0.25) is 0 Å². The van der Waals surface area contributed by atoms with E-state index >= 15 is 0 Å². The van der Waals surface area contributed by atoms with Crippen molar-refractivity contribution in [2.75, 3.05) is 4.72 Å². The Bertz CT molecular complexity index is 1370. The van der Waals surface area contributed by atoms with Gasteiger partial charge in [-0.3, -0.25) is 9.59 Å². The molecule has 0 aliphatic rings. The summed E-state index contributed by atoms with van der Waals surface area (Å²) >= 11 is 1.41. The number of H-pyrrole nitrogens is 2. The maximum atomic E-state index is 11.6. The van der Waals surface area contributed by atoms with Gasteiger partial charge < -0.3 is 14.7 Å². The summed E-state index contributed by atoms with van der Waals surface area (Å²) in [6.07, 6.45) is 5.73. The third-order valence-corrected chi connectivity index (χ3v) is 5.55. The van der Waals surface area contributed by atoms with Crippen LogP contribution in [0.5, 0.6) is 0 Å². The molecule has 0 aliphatic carbocycles. The van der Waals surface area contributed by atoms with Gasteiger partial charge in [-0.1, -0.05) is 42.3 Å². The van der Waals surface area contributed by atoms with Crippen molar-refractivity contribution in [3.05, 3.63) is 92.5 Å². The standard InChI is InChI=1S/C23H17N3O2S/c1-3-15-12-17(9-10-18(15)16-7-5-4-6-8-16)26-29-21-13-20-19(11-14(21)2)24-22(27)23(28)25-20/h1,4-13,26H,2H3,(H,24,27)(H,25,28). The molecule has 0 spiro atoms. The zero-order valence-corrected chi connectivity index (χ0v) is 16.4. The van der Waals surface area contributed by atoms with Crippen molar-refractivity contribution in [3.8, 4) is 23.5 Å². The number of anilines is 1. The molecule has 5 nitrogen and oxygen atoms in total. The van der Waals surface area contributed by atoms with E-state index in [-0.39, 0.29) is 0 Å². The van der Waals surface area contributed by atoms with E-state index in [0.717, 1.165) is 32.8 Å². The smallest absolute Gasteiger partial charge is 0.314 e. The van der Waals surface area contributed by atoms with Gasteiger partial charge in [0, 0.05) is 16.1 Å². The number of aromatic amines is 2. The van der Waals surface area contributed by atoms with Crippen LogP contribution in [0.1, 0.15) is 11.1 Å². The fraction of sp³-hybridized carbons (Fsp3) is 0.0435. The van der Waals surface area contributed by atoms with Gasteiger partial charge in [0.1, 0.15) is 0 Å². The van der Waals surface area contributed by atoms with Crippen LogP contribution in [0.15, 0.2) is 75.1 Å². The first-order chi connectivity index (χ1) is 14.0. The number of hydrogen-bond donors (Lipinski definition) is 3. The third-order valence-electron chi connectivity index (χ3n) is 4.56. The van der Waals surface area contributed by atoms with E-state index in [2.05, 4.69) is 20.6 Å². The topological polar surface area (TPSA) is 77.8 Å². The number of fused-ring (bicyclic) bond motifs is 1. The summed E-state index contributed by atoms with van der Waals surface area (Å²) in [5.41, 5.74) is 4.57. The van der Waals surface area contributed by atoms with Crippen LogP contribution in [-0.2, 0) is 0 Å². The number of nitrogens with one attached hydrogen (secondary N) is 3. The molecule has 29 heavy (non-hydrogen) atoms. The lowest BCUT2D eigenvalue weighted by molar-refractivity contribution is 1.13. The molecule has 4 rings (SSSR count). The van der Waals surface area contributed by atoms with Crippen LogP contribution in [0.4, 0.5) is 5.69 Å². The normalized spacial score (nSPS) is 10.6. The van der Waals surface area contributed by atoms with Crippen LogP contribution in [0, 0.1) is 19.3 Å². The molecule has 0 saturated carbocycles. The Morgan fingerprint density at radius 3 is 2.31 bits per heavy atom.